The molecule has 2 aromatic rings. The molecule has 30 heavy (non-hydrogen) atoms. The molecule has 1 aliphatic rings. The summed E-state index contributed by atoms with van der Waals surface area (Å²) in [7, 11) is -2.05. The van der Waals surface area contributed by atoms with E-state index in [0.29, 0.717) is 49.1 Å². The molecule has 1 aromatic heterocycles. The first-order valence-electron chi connectivity index (χ1n) is 9.63. The predicted molar refractivity (Wildman–Crippen MR) is 119 cm³/mol. The van der Waals surface area contributed by atoms with Gasteiger partial charge in [-0.2, -0.15) is 4.31 Å². The summed E-state index contributed by atoms with van der Waals surface area (Å²) in [6.45, 7) is 5.31. The van der Waals surface area contributed by atoms with Crippen molar-refractivity contribution in [1.29, 1.82) is 0 Å². The number of hydrogen-bond donors (Lipinski definition) is 0. The van der Waals surface area contributed by atoms with Crippen molar-refractivity contribution < 1.29 is 17.9 Å². The van der Waals surface area contributed by atoms with Crippen LogP contribution in [-0.4, -0.2) is 50.3 Å². The van der Waals surface area contributed by atoms with Gasteiger partial charge in [-0.25, -0.2) is 8.42 Å². The molecule has 3 rings (SSSR count). The summed E-state index contributed by atoms with van der Waals surface area (Å²) in [5, 5.41) is 0. The second-order valence-corrected chi connectivity index (χ2v) is 10.8. The van der Waals surface area contributed by atoms with E-state index in [0.717, 1.165) is 4.88 Å². The minimum Gasteiger partial charge on any atom is -0.497 e. The zero-order chi connectivity index (χ0) is 21.7. The van der Waals surface area contributed by atoms with E-state index in [4.69, 9.17) is 16.3 Å². The molecule has 0 N–H and O–H groups in total. The van der Waals surface area contributed by atoms with Crippen molar-refractivity contribution in [3.05, 3.63) is 58.3 Å². The fourth-order valence-electron chi connectivity index (χ4n) is 3.51. The Morgan fingerprint density at radius 1 is 1.27 bits per heavy atom. The normalized spacial score (nSPS) is 15.7. The SMILES string of the molecule is C=CCN(Cc1ccc(Cl)s1)C(=O)C1CCN(S(=O)(=O)c2ccc(OC)cc2)CC1. The molecular formula is C21H25ClN2O4S2. The van der Waals surface area contributed by atoms with E-state index in [-0.39, 0.29) is 16.7 Å². The number of nitrogens with zero attached hydrogens (tertiary/aromatic N) is 2. The van der Waals surface area contributed by atoms with Gasteiger partial charge in [0.05, 0.1) is 22.9 Å². The third kappa shape index (κ3) is 5.24. The van der Waals surface area contributed by atoms with Crippen LogP contribution in [0.4, 0.5) is 0 Å². The number of amides is 1. The maximum absolute atomic E-state index is 13.1. The number of hydrogen-bond acceptors (Lipinski definition) is 5. The number of methoxy groups -OCH3 is 1. The van der Waals surface area contributed by atoms with Crippen LogP contribution in [0.25, 0.3) is 0 Å². The molecular weight excluding hydrogens is 444 g/mol. The standard InChI is InChI=1S/C21H25ClN2O4S2/c1-3-12-23(15-18-6-9-20(22)29-18)21(25)16-10-13-24(14-11-16)30(26,27)19-7-4-17(28-2)5-8-19/h3-9,16H,1,10-15H2,2H3. The van der Waals surface area contributed by atoms with Gasteiger partial charge in [-0.15, -0.1) is 17.9 Å². The minimum atomic E-state index is -3.59. The number of piperidine rings is 1. The fourth-order valence-corrected chi connectivity index (χ4v) is 6.08. The summed E-state index contributed by atoms with van der Waals surface area (Å²) in [6, 6.07) is 10.1. The Kier molecular flexibility index (Phi) is 7.57. The van der Waals surface area contributed by atoms with Gasteiger partial charge in [0.2, 0.25) is 15.9 Å². The maximum atomic E-state index is 13.1. The topological polar surface area (TPSA) is 66.9 Å². The molecule has 1 saturated heterocycles. The maximum Gasteiger partial charge on any atom is 0.243 e. The van der Waals surface area contributed by atoms with E-state index < -0.39 is 10.0 Å². The van der Waals surface area contributed by atoms with Crippen LogP contribution in [0.5, 0.6) is 5.75 Å². The van der Waals surface area contributed by atoms with Gasteiger partial charge in [-0.1, -0.05) is 17.7 Å². The quantitative estimate of drug-likeness (QED) is 0.548. The molecule has 0 bridgehead atoms. The summed E-state index contributed by atoms with van der Waals surface area (Å²) in [5.74, 6) is 0.427. The van der Waals surface area contributed by atoms with Gasteiger partial charge in [-0.3, -0.25) is 4.79 Å². The molecule has 6 nitrogen and oxygen atoms in total. The van der Waals surface area contributed by atoms with Crippen LogP contribution >= 0.6 is 22.9 Å². The van der Waals surface area contributed by atoms with Crippen molar-refractivity contribution in [3.8, 4) is 5.75 Å². The first-order chi connectivity index (χ1) is 14.3. The number of carbonyl (C=O) groups excluding carboxylic acids is 1. The van der Waals surface area contributed by atoms with Crippen LogP contribution in [0, 0.1) is 5.92 Å². The molecule has 1 amide bonds. The Balaban J connectivity index is 1.63. The summed E-state index contributed by atoms with van der Waals surface area (Å²) in [6.07, 6.45) is 2.69. The van der Waals surface area contributed by atoms with Crippen LogP contribution < -0.4 is 4.74 Å². The highest BCUT2D eigenvalue weighted by atomic mass is 35.5. The molecule has 9 heteroatoms. The lowest BCUT2D eigenvalue weighted by molar-refractivity contribution is -0.136. The molecule has 0 atom stereocenters. The summed E-state index contributed by atoms with van der Waals surface area (Å²) < 4.78 is 33.0. The smallest absolute Gasteiger partial charge is 0.243 e. The van der Waals surface area contributed by atoms with Crippen molar-refractivity contribution in [2.75, 3.05) is 26.7 Å². The average Bonchev–Trinajstić information content (AvgIpc) is 3.17. The zero-order valence-electron chi connectivity index (χ0n) is 16.8. The monoisotopic (exact) mass is 468 g/mol. The van der Waals surface area contributed by atoms with Crippen molar-refractivity contribution in [3.63, 3.8) is 0 Å². The second-order valence-electron chi connectivity index (χ2n) is 7.07. The van der Waals surface area contributed by atoms with Crippen molar-refractivity contribution in [2.45, 2.75) is 24.3 Å². The highest BCUT2D eigenvalue weighted by Crippen LogP contribution is 2.28. The highest BCUT2D eigenvalue weighted by molar-refractivity contribution is 7.89. The average molecular weight is 469 g/mol. The van der Waals surface area contributed by atoms with E-state index in [1.54, 1.807) is 35.2 Å². The Morgan fingerprint density at radius 2 is 1.93 bits per heavy atom. The predicted octanol–water partition coefficient (Wildman–Crippen LogP) is 4.03. The molecule has 1 aromatic carbocycles. The van der Waals surface area contributed by atoms with E-state index in [1.807, 2.05) is 12.1 Å². The lowest BCUT2D eigenvalue weighted by Gasteiger charge is -2.33. The lowest BCUT2D eigenvalue weighted by Crippen LogP contribution is -2.44. The van der Waals surface area contributed by atoms with Crippen LogP contribution in [0.3, 0.4) is 0 Å². The summed E-state index contributed by atoms with van der Waals surface area (Å²) in [5.41, 5.74) is 0. The van der Waals surface area contributed by atoms with E-state index in [9.17, 15) is 13.2 Å². The largest absolute Gasteiger partial charge is 0.497 e. The van der Waals surface area contributed by atoms with Gasteiger partial charge >= 0.3 is 0 Å². The number of thiophene rings is 1. The van der Waals surface area contributed by atoms with Crippen LogP contribution in [0.1, 0.15) is 17.7 Å². The highest BCUT2D eigenvalue weighted by Gasteiger charge is 2.33. The van der Waals surface area contributed by atoms with Crippen LogP contribution in [0.2, 0.25) is 4.34 Å². The van der Waals surface area contributed by atoms with Gasteiger partial charge < -0.3 is 9.64 Å². The number of benzene rings is 1. The third-order valence-corrected chi connectivity index (χ3v) is 8.27. The first-order valence-corrected chi connectivity index (χ1v) is 12.3. The van der Waals surface area contributed by atoms with Crippen LogP contribution in [0.15, 0.2) is 53.9 Å². The van der Waals surface area contributed by atoms with Gasteiger partial charge in [0.25, 0.3) is 0 Å². The minimum absolute atomic E-state index is 0.0286. The van der Waals surface area contributed by atoms with E-state index in [1.165, 1.54) is 22.8 Å². The molecule has 0 spiro atoms. The van der Waals surface area contributed by atoms with Gasteiger partial charge in [0, 0.05) is 30.4 Å². The second kappa shape index (κ2) is 9.96. The molecule has 2 heterocycles. The Hall–Kier alpha value is -1.87. The van der Waals surface area contributed by atoms with E-state index in [2.05, 4.69) is 6.58 Å². The molecule has 1 aliphatic heterocycles. The van der Waals surface area contributed by atoms with Crippen molar-refractivity contribution in [1.82, 2.24) is 9.21 Å². The molecule has 0 aliphatic carbocycles. The Labute approximate surface area is 186 Å². The fraction of sp³-hybridized carbons (Fsp3) is 0.381. The lowest BCUT2D eigenvalue weighted by atomic mass is 9.96. The molecule has 1 fully saturated rings. The van der Waals surface area contributed by atoms with Gasteiger partial charge in [0.1, 0.15) is 5.75 Å². The third-order valence-electron chi connectivity index (χ3n) is 5.14. The number of carbonyl (C=O) groups is 1. The van der Waals surface area contributed by atoms with Crippen LogP contribution in [-0.2, 0) is 21.4 Å². The summed E-state index contributed by atoms with van der Waals surface area (Å²) >= 11 is 7.45. The number of ether oxygens (including phenoxy) is 1. The summed E-state index contributed by atoms with van der Waals surface area (Å²) in [4.78, 5) is 16.1. The first kappa shape index (κ1) is 22.8. The van der Waals surface area contributed by atoms with Crippen molar-refractivity contribution in [2.24, 2.45) is 5.92 Å². The van der Waals surface area contributed by atoms with E-state index >= 15 is 0 Å². The molecule has 0 saturated carbocycles. The Bertz CT molecular complexity index is 981. The number of rotatable bonds is 8. The van der Waals surface area contributed by atoms with Crippen molar-refractivity contribution >= 4 is 38.9 Å². The molecule has 0 radical (unpaired) electrons. The molecule has 162 valence electrons. The van der Waals surface area contributed by atoms with Gasteiger partial charge in [0.15, 0.2) is 0 Å². The van der Waals surface area contributed by atoms with Gasteiger partial charge in [-0.05, 0) is 49.2 Å². The zero-order valence-corrected chi connectivity index (χ0v) is 19.2. The molecule has 0 unspecified atom stereocenters. The Morgan fingerprint density at radius 3 is 2.47 bits per heavy atom. The number of sulfonamides is 1. The number of halogens is 1.